The Bertz CT molecular complexity index is 479. The highest BCUT2D eigenvalue weighted by molar-refractivity contribution is 5.68. The van der Waals surface area contributed by atoms with Gasteiger partial charge in [0.15, 0.2) is 0 Å². The number of nitrogens with two attached hydrogens (primary N) is 1. The van der Waals surface area contributed by atoms with Gasteiger partial charge in [0.2, 0.25) is 0 Å². The Morgan fingerprint density at radius 2 is 1.81 bits per heavy atom. The van der Waals surface area contributed by atoms with Crippen molar-refractivity contribution in [1.29, 1.82) is 0 Å². The maximum Gasteiger partial charge on any atom is 0.408 e. The van der Waals surface area contributed by atoms with Crippen LogP contribution >= 0.6 is 0 Å². The van der Waals surface area contributed by atoms with Crippen LogP contribution in [0.15, 0.2) is 24.3 Å². The molecule has 0 aromatic heterocycles. The number of benzene rings is 1. The van der Waals surface area contributed by atoms with E-state index in [1.807, 2.05) is 58.9 Å². The Morgan fingerprint density at radius 1 is 1.19 bits per heavy atom. The van der Waals surface area contributed by atoms with Crippen molar-refractivity contribution < 1.29 is 9.53 Å². The Hall–Kier alpha value is -1.75. The van der Waals surface area contributed by atoms with E-state index in [9.17, 15) is 4.79 Å². The third kappa shape index (κ3) is 6.99. The molecule has 0 radical (unpaired) electrons. The van der Waals surface area contributed by atoms with Gasteiger partial charge in [-0.3, -0.25) is 0 Å². The predicted molar refractivity (Wildman–Crippen MR) is 86.0 cm³/mol. The van der Waals surface area contributed by atoms with Gasteiger partial charge in [0, 0.05) is 18.8 Å². The summed E-state index contributed by atoms with van der Waals surface area (Å²) in [5.74, 6) is 0. The second kappa shape index (κ2) is 6.80. The minimum absolute atomic E-state index is 0.409. The number of amides is 1. The lowest BCUT2D eigenvalue weighted by Crippen LogP contribution is -2.51. The number of ether oxygens (including phenoxy) is 1. The summed E-state index contributed by atoms with van der Waals surface area (Å²) in [6.07, 6.45) is -0.409. The van der Waals surface area contributed by atoms with Gasteiger partial charge in [0.1, 0.15) is 5.60 Å². The van der Waals surface area contributed by atoms with Crippen molar-refractivity contribution in [2.75, 3.05) is 12.3 Å². The average molecular weight is 293 g/mol. The third-order valence-corrected chi connectivity index (χ3v) is 2.78. The molecule has 0 saturated heterocycles. The minimum Gasteiger partial charge on any atom is -0.444 e. The first-order valence-electron chi connectivity index (χ1n) is 7.14. The molecular formula is C16H27N3O2. The van der Waals surface area contributed by atoms with Crippen molar-refractivity contribution in [1.82, 2.24) is 10.6 Å². The van der Waals surface area contributed by atoms with Gasteiger partial charge in [0.05, 0.1) is 5.54 Å². The Balaban J connectivity index is 2.43. The van der Waals surface area contributed by atoms with E-state index in [4.69, 9.17) is 10.5 Å². The molecule has 5 nitrogen and oxygen atoms in total. The van der Waals surface area contributed by atoms with Crippen LogP contribution in [-0.2, 0) is 11.3 Å². The van der Waals surface area contributed by atoms with Gasteiger partial charge in [0.25, 0.3) is 0 Å². The fourth-order valence-electron chi connectivity index (χ4n) is 1.83. The molecule has 0 atom stereocenters. The number of rotatable bonds is 5. The molecule has 5 heteroatoms. The molecule has 0 fully saturated rings. The standard InChI is InChI=1S/C16H27N3O2/c1-15(2,3)21-14(20)19-16(4,5)11-18-10-12-8-6-7-9-13(12)17/h6-9,18H,10-11,17H2,1-5H3,(H,19,20). The molecule has 4 N–H and O–H groups in total. The van der Waals surface area contributed by atoms with Crippen molar-refractivity contribution in [3.8, 4) is 0 Å². The summed E-state index contributed by atoms with van der Waals surface area (Å²) in [4.78, 5) is 11.8. The second-order valence-electron chi connectivity index (χ2n) is 6.81. The monoisotopic (exact) mass is 293 g/mol. The lowest BCUT2D eigenvalue weighted by atomic mass is 10.1. The zero-order valence-electron chi connectivity index (χ0n) is 13.6. The lowest BCUT2D eigenvalue weighted by Gasteiger charge is -2.29. The van der Waals surface area contributed by atoms with E-state index in [1.165, 1.54) is 0 Å². The molecule has 0 heterocycles. The quantitative estimate of drug-likeness (QED) is 0.729. The molecule has 0 spiro atoms. The zero-order valence-corrected chi connectivity index (χ0v) is 13.6. The van der Waals surface area contributed by atoms with Crippen molar-refractivity contribution in [2.45, 2.75) is 52.3 Å². The minimum atomic E-state index is -0.494. The van der Waals surface area contributed by atoms with Crippen LogP contribution in [0.25, 0.3) is 0 Å². The number of hydrogen-bond acceptors (Lipinski definition) is 4. The first-order chi connectivity index (χ1) is 9.59. The molecule has 1 rings (SSSR count). The topological polar surface area (TPSA) is 76.4 Å². The van der Waals surface area contributed by atoms with Crippen LogP contribution in [0.2, 0.25) is 0 Å². The predicted octanol–water partition coefficient (Wildman–Crippen LogP) is 2.66. The maximum atomic E-state index is 11.8. The fraction of sp³-hybridized carbons (Fsp3) is 0.562. The molecule has 1 amide bonds. The van der Waals surface area contributed by atoms with Crippen LogP contribution in [0, 0.1) is 0 Å². The van der Waals surface area contributed by atoms with Gasteiger partial charge >= 0.3 is 6.09 Å². The number of hydrogen-bond donors (Lipinski definition) is 3. The first kappa shape index (κ1) is 17.3. The summed E-state index contributed by atoms with van der Waals surface area (Å²) in [7, 11) is 0. The second-order valence-corrected chi connectivity index (χ2v) is 6.81. The van der Waals surface area contributed by atoms with Gasteiger partial charge in [-0.1, -0.05) is 18.2 Å². The fourth-order valence-corrected chi connectivity index (χ4v) is 1.83. The molecule has 118 valence electrons. The molecule has 0 aliphatic rings. The lowest BCUT2D eigenvalue weighted by molar-refractivity contribution is 0.0472. The summed E-state index contributed by atoms with van der Waals surface area (Å²) >= 11 is 0. The highest BCUT2D eigenvalue weighted by Crippen LogP contribution is 2.11. The van der Waals surface area contributed by atoms with E-state index >= 15 is 0 Å². The third-order valence-electron chi connectivity index (χ3n) is 2.78. The average Bonchev–Trinajstić information content (AvgIpc) is 2.27. The SMILES string of the molecule is CC(C)(CNCc1ccccc1N)NC(=O)OC(C)(C)C. The smallest absolute Gasteiger partial charge is 0.408 e. The number of alkyl carbamates (subject to hydrolysis) is 1. The van der Waals surface area contributed by atoms with Gasteiger partial charge in [-0.2, -0.15) is 0 Å². The molecular weight excluding hydrogens is 266 g/mol. The highest BCUT2D eigenvalue weighted by atomic mass is 16.6. The van der Waals surface area contributed by atoms with E-state index in [1.54, 1.807) is 0 Å². The van der Waals surface area contributed by atoms with Crippen LogP contribution in [-0.4, -0.2) is 23.8 Å². The first-order valence-corrected chi connectivity index (χ1v) is 7.14. The summed E-state index contributed by atoms with van der Waals surface area (Å²) in [5.41, 5.74) is 6.80. The molecule has 0 saturated carbocycles. The van der Waals surface area contributed by atoms with Crippen LogP contribution in [0.4, 0.5) is 10.5 Å². The Kier molecular flexibility index (Phi) is 5.61. The highest BCUT2D eigenvalue weighted by Gasteiger charge is 2.24. The van der Waals surface area contributed by atoms with E-state index in [0.717, 1.165) is 11.3 Å². The number of nitrogen functional groups attached to an aromatic ring is 1. The van der Waals surface area contributed by atoms with E-state index < -0.39 is 17.2 Å². The van der Waals surface area contributed by atoms with Crippen LogP contribution < -0.4 is 16.4 Å². The number of anilines is 1. The molecule has 1 aromatic carbocycles. The maximum absolute atomic E-state index is 11.8. The molecule has 0 aliphatic heterocycles. The van der Waals surface area contributed by atoms with E-state index in [-0.39, 0.29) is 0 Å². The van der Waals surface area contributed by atoms with Crippen molar-refractivity contribution in [3.63, 3.8) is 0 Å². The van der Waals surface area contributed by atoms with Crippen molar-refractivity contribution in [2.24, 2.45) is 0 Å². The van der Waals surface area contributed by atoms with E-state index in [0.29, 0.717) is 13.1 Å². The molecule has 21 heavy (non-hydrogen) atoms. The largest absolute Gasteiger partial charge is 0.444 e. The number of carbonyl (C=O) groups excluding carboxylic acids is 1. The van der Waals surface area contributed by atoms with Gasteiger partial charge < -0.3 is 21.1 Å². The van der Waals surface area contributed by atoms with Crippen LogP contribution in [0.1, 0.15) is 40.2 Å². The summed E-state index contributed by atoms with van der Waals surface area (Å²) in [5, 5.41) is 6.16. The molecule has 0 aliphatic carbocycles. The van der Waals surface area contributed by atoms with Gasteiger partial charge in [-0.15, -0.1) is 0 Å². The molecule has 1 aromatic rings. The zero-order chi connectivity index (χ0) is 16.1. The van der Waals surface area contributed by atoms with Crippen LogP contribution in [0.5, 0.6) is 0 Å². The summed E-state index contributed by atoms with van der Waals surface area (Å²) in [6.45, 7) is 10.7. The summed E-state index contributed by atoms with van der Waals surface area (Å²) in [6, 6.07) is 7.72. The van der Waals surface area contributed by atoms with E-state index in [2.05, 4.69) is 10.6 Å². The molecule has 0 bridgehead atoms. The molecule has 0 unspecified atom stereocenters. The van der Waals surface area contributed by atoms with Gasteiger partial charge in [-0.05, 0) is 46.2 Å². The number of carbonyl (C=O) groups is 1. The Labute approximate surface area is 127 Å². The van der Waals surface area contributed by atoms with Crippen LogP contribution in [0.3, 0.4) is 0 Å². The van der Waals surface area contributed by atoms with Crippen molar-refractivity contribution >= 4 is 11.8 Å². The number of nitrogens with one attached hydrogen (secondary N) is 2. The number of para-hydroxylation sites is 1. The van der Waals surface area contributed by atoms with Crippen molar-refractivity contribution in [3.05, 3.63) is 29.8 Å². The summed E-state index contributed by atoms with van der Waals surface area (Å²) < 4.78 is 5.26. The van der Waals surface area contributed by atoms with Gasteiger partial charge in [-0.25, -0.2) is 4.79 Å². The normalized spacial score (nSPS) is 12.0. The Morgan fingerprint density at radius 3 is 2.38 bits per heavy atom.